The minimum atomic E-state index is 0.547. The molecule has 27 heavy (non-hydrogen) atoms. The van der Waals surface area contributed by atoms with Gasteiger partial charge in [0, 0.05) is 11.9 Å². The number of benzene rings is 2. The standard InChI is InChI=1S/2C9H12.C8H11N/c2*1-8(2)9-6-4-3-5-7-9;1-7(2)8-5-3-4-6-9-8/h2*3-8H,1-2H3;3-7H,1-2H3. The molecule has 0 aliphatic carbocycles. The minimum absolute atomic E-state index is 0.547. The Labute approximate surface area is 166 Å². The largest absolute Gasteiger partial charge is 0.261 e. The molecule has 0 amide bonds. The number of rotatable bonds is 3. The summed E-state index contributed by atoms with van der Waals surface area (Å²) in [5.74, 6) is 1.86. The van der Waals surface area contributed by atoms with Crippen molar-refractivity contribution in [3.63, 3.8) is 0 Å². The molecule has 0 aliphatic heterocycles. The molecule has 0 unspecified atom stereocenters. The summed E-state index contributed by atoms with van der Waals surface area (Å²) in [7, 11) is 0. The van der Waals surface area contributed by atoms with Gasteiger partial charge in [-0.3, -0.25) is 4.98 Å². The van der Waals surface area contributed by atoms with Gasteiger partial charge in [-0.2, -0.15) is 0 Å². The van der Waals surface area contributed by atoms with Gasteiger partial charge in [-0.1, -0.05) is 108 Å². The van der Waals surface area contributed by atoms with Gasteiger partial charge in [0.25, 0.3) is 0 Å². The molecule has 0 saturated heterocycles. The van der Waals surface area contributed by atoms with Crippen molar-refractivity contribution < 1.29 is 0 Å². The monoisotopic (exact) mass is 361 g/mol. The Kier molecular flexibility index (Phi) is 10.8. The van der Waals surface area contributed by atoms with E-state index in [0.717, 1.165) is 5.69 Å². The SMILES string of the molecule is CC(C)c1ccccc1.CC(C)c1ccccc1.CC(C)c1ccccn1. The maximum atomic E-state index is 4.18. The molecule has 1 nitrogen and oxygen atoms in total. The Bertz CT molecular complexity index is 598. The predicted molar refractivity (Wildman–Crippen MR) is 119 cm³/mol. The fourth-order valence-corrected chi connectivity index (χ4v) is 2.39. The van der Waals surface area contributed by atoms with E-state index in [1.54, 1.807) is 0 Å². The van der Waals surface area contributed by atoms with Crippen molar-refractivity contribution in [3.05, 3.63) is 102 Å². The molecule has 1 heterocycles. The van der Waals surface area contributed by atoms with E-state index in [9.17, 15) is 0 Å². The normalized spacial score (nSPS) is 10.1. The first-order valence-electron chi connectivity index (χ1n) is 9.92. The Morgan fingerprint density at radius 3 is 1.11 bits per heavy atom. The van der Waals surface area contributed by atoms with Gasteiger partial charge in [0.05, 0.1) is 0 Å². The van der Waals surface area contributed by atoms with Crippen LogP contribution in [0.3, 0.4) is 0 Å². The number of pyridine rings is 1. The molecule has 0 saturated carbocycles. The topological polar surface area (TPSA) is 12.9 Å². The van der Waals surface area contributed by atoms with Gasteiger partial charge >= 0.3 is 0 Å². The second kappa shape index (κ2) is 12.9. The molecule has 0 fully saturated rings. The summed E-state index contributed by atoms with van der Waals surface area (Å²) in [6.45, 7) is 13.1. The Balaban J connectivity index is 0.000000202. The molecule has 0 N–H and O–H groups in total. The van der Waals surface area contributed by atoms with E-state index in [1.165, 1.54) is 11.1 Å². The molecule has 0 spiro atoms. The van der Waals surface area contributed by atoms with Crippen LogP contribution < -0.4 is 0 Å². The Morgan fingerprint density at radius 2 is 0.889 bits per heavy atom. The van der Waals surface area contributed by atoms with Crippen LogP contribution in [-0.4, -0.2) is 4.98 Å². The van der Waals surface area contributed by atoms with Crippen LogP contribution in [0, 0.1) is 0 Å². The maximum Gasteiger partial charge on any atom is 0.0428 e. The second-order valence-electron chi connectivity index (χ2n) is 7.54. The van der Waals surface area contributed by atoms with Gasteiger partial charge in [-0.05, 0) is 41.0 Å². The van der Waals surface area contributed by atoms with Crippen molar-refractivity contribution in [1.82, 2.24) is 4.98 Å². The van der Waals surface area contributed by atoms with Gasteiger partial charge in [-0.25, -0.2) is 0 Å². The molecule has 3 rings (SSSR count). The smallest absolute Gasteiger partial charge is 0.0428 e. The van der Waals surface area contributed by atoms with Crippen molar-refractivity contribution in [2.45, 2.75) is 59.3 Å². The van der Waals surface area contributed by atoms with Gasteiger partial charge in [0.2, 0.25) is 0 Å². The maximum absolute atomic E-state index is 4.18. The van der Waals surface area contributed by atoms with Crippen molar-refractivity contribution in [1.29, 1.82) is 0 Å². The zero-order valence-electron chi connectivity index (χ0n) is 17.8. The van der Waals surface area contributed by atoms with Crippen molar-refractivity contribution in [2.75, 3.05) is 0 Å². The Hall–Kier alpha value is -2.41. The van der Waals surface area contributed by atoms with E-state index in [-0.39, 0.29) is 0 Å². The highest BCUT2D eigenvalue weighted by atomic mass is 14.7. The van der Waals surface area contributed by atoms with Crippen LogP contribution in [0.15, 0.2) is 85.1 Å². The molecular weight excluding hydrogens is 326 g/mol. The van der Waals surface area contributed by atoms with Gasteiger partial charge in [0.1, 0.15) is 0 Å². The summed E-state index contributed by atoms with van der Waals surface area (Å²) in [4.78, 5) is 4.18. The van der Waals surface area contributed by atoms with Crippen LogP contribution in [0.5, 0.6) is 0 Å². The number of aromatic nitrogens is 1. The van der Waals surface area contributed by atoms with Crippen LogP contribution >= 0.6 is 0 Å². The first kappa shape index (κ1) is 22.6. The summed E-state index contributed by atoms with van der Waals surface area (Å²) < 4.78 is 0. The van der Waals surface area contributed by atoms with Gasteiger partial charge < -0.3 is 0 Å². The summed E-state index contributed by atoms with van der Waals surface area (Å²) in [5, 5.41) is 0. The first-order valence-corrected chi connectivity index (χ1v) is 9.92. The lowest BCUT2D eigenvalue weighted by Gasteiger charge is -2.01. The summed E-state index contributed by atoms with van der Waals surface area (Å²) in [5.41, 5.74) is 3.99. The minimum Gasteiger partial charge on any atom is -0.261 e. The molecule has 1 heteroatoms. The molecule has 144 valence electrons. The van der Waals surface area contributed by atoms with Crippen LogP contribution in [0.2, 0.25) is 0 Å². The van der Waals surface area contributed by atoms with E-state index < -0.39 is 0 Å². The number of hydrogen-bond acceptors (Lipinski definition) is 1. The van der Waals surface area contributed by atoms with Crippen LogP contribution in [-0.2, 0) is 0 Å². The highest BCUT2D eigenvalue weighted by Crippen LogP contribution is 2.12. The molecule has 2 aromatic carbocycles. The predicted octanol–water partition coefficient (Wildman–Crippen LogP) is 7.83. The van der Waals surface area contributed by atoms with E-state index in [4.69, 9.17) is 0 Å². The fraction of sp³-hybridized carbons (Fsp3) is 0.346. The third-order valence-corrected chi connectivity index (χ3v) is 4.21. The molecule has 0 radical (unpaired) electrons. The average molecular weight is 362 g/mol. The molecular formula is C26H35N. The lowest BCUT2D eigenvalue weighted by atomic mass is 10.0. The summed E-state index contributed by atoms with van der Waals surface area (Å²) in [6, 6.07) is 27.0. The lowest BCUT2D eigenvalue weighted by molar-refractivity contribution is 0.823. The van der Waals surface area contributed by atoms with E-state index in [0.29, 0.717) is 17.8 Å². The third-order valence-electron chi connectivity index (χ3n) is 4.21. The lowest BCUT2D eigenvalue weighted by Crippen LogP contribution is -1.88. The Morgan fingerprint density at radius 1 is 0.481 bits per heavy atom. The van der Waals surface area contributed by atoms with Gasteiger partial charge in [-0.15, -0.1) is 0 Å². The summed E-state index contributed by atoms with van der Waals surface area (Å²) >= 11 is 0. The number of hydrogen-bond donors (Lipinski definition) is 0. The quantitative estimate of drug-likeness (QED) is 0.463. The molecule has 1 aromatic heterocycles. The fourth-order valence-electron chi connectivity index (χ4n) is 2.39. The van der Waals surface area contributed by atoms with E-state index >= 15 is 0 Å². The number of nitrogens with zero attached hydrogens (tertiary/aromatic N) is 1. The highest BCUT2D eigenvalue weighted by molar-refractivity contribution is 5.18. The first-order chi connectivity index (χ1) is 12.9. The average Bonchev–Trinajstić information content (AvgIpc) is 2.71. The third kappa shape index (κ3) is 9.75. The van der Waals surface area contributed by atoms with E-state index in [2.05, 4.69) is 95.1 Å². The molecule has 0 atom stereocenters. The van der Waals surface area contributed by atoms with Crippen LogP contribution in [0.1, 0.15) is 76.1 Å². The van der Waals surface area contributed by atoms with Crippen LogP contribution in [0.4, 0.5) is 0 Å². The van der Waals surface area contributed by atoms with Crippen molar-refractivity contribution >= 4 is 0 Å². The second-order valence-corrected chi connectivity index (χ2v) is 7.54. The van der Waals surface area contributed by atoms with Gasteiger partial charge in [0.15, 0.2) is 0 Å². The summed E-state index contributed by atoms with van der Waals surface area (Å²) in [6.07, 6.45) is 1.83. The van der Waals surface area contributed by atoms with Crippen LogP contribution in [0.25, 0.3) is 0 Å². The molecule has 0 aliphatic rings. The highest BCUT2D eigenvalue weighted by Gasteiger charge is 1.95. The van der Waals surface area contributed by atoms with E-state index in [1.807, 2.05) is 36.5 Å². The molecule has 0 bridgehead atoms. The zero-order chi connectivity index (χ0) is 20.1. The van der Waals surface area contributed by atoms with Crippen molar-refractivity contribution in [2.24, 2.45) is 0 Å². The molecule has 3 aromatic rings. The zero-order valence-corrected chi connectivity index (χ0v) is 17.8. The van der Waals surface area contributed by atoms with Crippen molar-refractivity contribution in [3.8, 4) is 0 Å².